The van der Waals surface area contributed by atoms with Crippen molar-refractivity contribution in [2.45, 2.75) is 96.7 Å². The lowest BCUT2D eigenvalue weighted by molar-refractivity contribution is -0.135. The molecule has 0 heterocycles. The van der Waals surface area contributed by atoms with Crippen LogP contribution in [-0.2, 0) is 9.22 Å². The molecule has 3 heteroatoms. The van der Waals surface area contributed by atoms with Crippen molar-refractivity contribution in [1.29, 1.82) is 0 Å². The average Bonchev–Trinajstić information content (AvgIpc) is 2.46. The molecule has 0 saturated carbocycles. The fourth-order valence-corrected chi connectivity index (χ4v) is 7.22. The Morgan fingerprint density at radius 2 is 1.35 bits per heavy atom. The maximum atomic E-state index is 12.1. The molecule has 20 heavy (non-hydrogen) atoms. The van der Waals surface area contributed by atoms with Crippen molar-refractivity contribution in [3.8, 4) is 0 Å². The molecule has 0 amide bonds. The molecule has 0 saturated heterocycles. The molecule has 0 aliphatic rings. The van der Waals surface area contributed by atoms with Crippen LogP contribution in [0.4, 0.5) is 0 Å². The highest BCUT2D eigenvalue weighted by molar-refractivity contribution is 6.75. The van der Waals surface area contributed by atoms with E-state index in [1.54, 1.807) is 0 Å². The third-order valence-electron chi connectivity index (χ3n) is 3.92. The van der Waals surface area contributed by atoms with Gasteiger partial charge in [-0.1, -0.05) is 72.6 Å². The van der Waals surface area contributed by atoms with E-state index in [0.29, 0.717) is 6.42 Å². The Hall–Kier alpha value is -0.313. The monoisotopic (exact) mass is 299 g/mol. The van der Waals surface area contributed by atoms with Crippen molar-refractivity contribution in [1.82, 2.24) is 0 Å². The average molecular weight is 300 g/mol. The molecule has 2 nitrogen and oxygen atoms in total. The van der Waals surface area contributed by atoms with Crippen LogP contribution in [0.5, 0.6) is 0 Å². The molecule has 119 valence electrons. The first-order valence-electron chi connectivity index (χ1n) is 8.65. The minimum absolute atomic E-state index is 0.0450. The third kappa shape index (κ3) is 8.78. The van der Waals surface area contributed by atoms with Gasteiger partial charge in [-0.3, -0.25) is 4.79 Å². The van der Waals surface area contributed by atoms with Gasteiger partial charge in [0.1, 0.15) is 0 Å². The Morgan fingerprint density at radius 3 is 1.70 bits per heavy atom. The lowest BCUT2D eigenvalue weighted by Gasteiger charge is -2.31. The summed E-state index contributed by atoms with van der Waals surface area (Å²) < 4.78 is 6.12. The minimum atomic E-state index is -1.84. The zero-order chi connectivity index (χ0) is 15.3. The molecule has 0 N–H and O–H groups in total. The van der Waals surface area contributed by atoms with E-state index in [-0.39, 0.29) is 5.97 Å². The fourth-order valence-electron chi connectivity index (χ4n) is 2.59. The van der Waals surface area contributed by atoms with Gasteiger partial charge in [-0.15, -0.1) is 0 Å². The summed E-state index contributed by atoms with van der Waals surface area (Å²) in [6.07, 6.45) is 9.47. The molecular weight excluding hydrogens is 264 g/mol. The molecule has 0 atom stereocenters. The highest BCUT2D eigenvalue weighted by Crippen LogP contribution is 2.30. The van der Waals surface area contributed by atoms with Gasteiger partial charge in [0.2, 0.25) is 0 Å². The molecule has 0 unspecified atom stereocenters. The summed E-state index contributed by atoms with van der Waals surface area (Å²) in [7, 11) is -1.84. The number of hydrogen-bond donors (Lipinski definition) is 0. The Morgan fingerprint density at radius 1 is 0.900 bits per heavy atom. The largest absolute Gasteiger partial charge is 0.519 e. The Bertz CT molecular complexity index is 219. The first-order valence-corrected chi connectivity index (χ1v) is 11.2. The van der Waals surface area contributed by atoms with E-state index >= 15 is 0 Å². The van der Waals surface area contributed by atoms with Crippen molar-refractivity contribution in [2.24, 2.45) is 0 Å². The van der Waals surface area contributed by atoms with Crippen LogP contribution in [0.2, 0.25) is 18.1 Å². The van der Waals surface area contributed by atoms with Crippen molar-refractivity contribution < 1.29 is 9.22 Å². The van der Waals surface area contributed by atoms with E-state index in [0.717, 1.165) is 12.8 Å². The molecule has 0 aliphatic heterocycles. The molecule has 0 rings (SSSR count). The standard InChI is InChI=1S/C17H35O2Si/c1-5-9-13-17(18)19-20(14-10-6-2,15-11-7-3)16-12-8-4/h1,5-16H2,2-4H3. The van der Waals surface area contributed by atoms with Gasteiger partial charge in [0, 0.05) is 6.42 Å². The summed E-state index contributed by atoms with van der Waals surface area (Å²) in [6.45, 7) is 10.5. The van der Waals surface area contributed by atoms with Crippen LogP contribution in [0.3, 0.4) is 0 Å². The van der Waals surface area contributed by atoms with E-state index < -0.39 is 8.32 Å². The molecule has 0 aromatic carbocycles. The van der Waals surface area contributed by atoms with Crippen LogP contribution in [0.15, 0.2) is 0 Å². The van der Waals surface area contributed by atoms with Crippen LogP contribution in [0, 0.1) is 6.92 Å². The summed E-state index contributed by atoms with van der Waals surface area (Å²) in [6, 6.07) is 3.50. The zero-order valence-corrected chi connectivity index (χ0v) is 15.0. The maximum Gasteiger partial charge on any atom is 0.292 e. The van der Waals surface area contributed by atoms with Crippen molar-refractivity contribution in [2.75, 3.05) is 0 Å². The summed E-state index contributed by atoms with van der Waals surface area (Å²) in [4.78, 5) is 12.1. The Kier molecular flexibility index (Phi) is 12.2. The topological polar surface area (TPSA) is 26.3 Å². The van der Waals surface area contributed by atoms with E-state index in [1.807, 2.05) is 0 Å². The number of carbonyl (C=O) groups excluding carboxylic acids is 1. The molecule has 0 aliphatic carbocycles. The second kappa shape index (κ2) is 12.4. The van der Waals surface area contributed by atoms with E-state index in [2.05, 4.69) is 27.7 Å². The maximum absolute atomic E-state index is 12.1. The highest BCUT2D eigenvalue weighted by Gasteiger charge is 2.36. The highest BCUT2D eigenvalue weighted by atomic mass is 28.4. The van der Waals surface area contributed by atoms with Crippen LogP contribution in [0.1, 0.15) is 78.6 Å². The van der Waals surface area contributed by atoms with Gasteiger partial charge in [0.25, 0.3) is 14.3 Å². The smallest absolute Gasteiger partial charge is 0.292 e. The predicted octanol–water partition coefficient (Wildman–Crippen LogP) is 5.88. The van der Waals surface area contributed by atoms with Crippen molar-refractivity contribution in [3.05, 3.63) is 6.92 Å². The van der Waals surface area contributed by atoms with Gasteiger partial charge in [0.15, 0.2) is 0 Å². The summed E-state index contributed by atoms with van der Waals surface area (Å²) in [5.41, 5.74) is 0. The van der Waals surface area contributed by atoms with Crippen molar-refractivity contribution >= 4 is 14.3 Å². The van der Waals surface area contributed by atoms with Gasteiger partial charge in [-0.05, 0) is 24.6 Å². The molecule has 0 bridgehead atoms. The van der Waals surface area contributed by atoms with Gasteiger partial charge in [-0.2, -0.15) is 0 Å². The van der Waals surface area contributed by atoms with Gasteiger partial charge >= 0.3 is 0 Å². The second-order valence-corrected chi connectivity index (χ2v) is 9.99. The number of hydrogen-bond acceptors (Lipinski definition) is 2. The lowest BCUT2D eigenvalue weighted by atomic mass is 10.3. The van der Waals surface area contributed by atoms with Gasteiger partial charge in [0.05, 0.1) is 0 Å². The van der Waals surface area contributed by atoms with Gasteiger partial charge < -0.3 is 4.43 Å². The Balaban J connectivity index is 4.68. The predicted molar refractivity (Wildman–Crippen MR) is 90.2 cm³/mol. The first kappa shape index (κ1) is 19.7. The summed E-state index contributed by atoms with van der Waals surface area (Å²) >= 11 is 0. The molecule has 1 radical (unpaired) electrons. The molecule has 0 spiro atoms. The van der Waals surface area contributed by atoms with Crippen LogP contribution < -0.4 is 0 Å². The molecule has 0 aromatic heterocycles. The normalized spacial score (nSPS) is 11.6. The summed E-state index contributed by atoms with van der Waals surface area (Å²) in [5, 5.41) is 0. The summed E-state index contributed by atoms with van der Waals surface area (Å²) in [5.74, 6) is 0.0450. The van der Waals surface area contributed by atoms with Gasteiger partial charge in [-0.25, -0.2) is 0 Å². The number of unbranched alkanes of at least 4 members (excludes halogenated alkanes) is 4. The molecule has 0 aromatic rings. The second-order valence-electron chi connectivity index (χ2n) is 5.92. The molecular formula is C17H35O2Si. The SMILES string of the molecule is [CH2]CCCC(=O)O[Si](CCCC)(CCCC)CCCC. The number of carbonyl (C=O) groups is 1. The van der Waals surface area contributed by atoms with E-state index in [4.69, 9.17) is 4.43 Å². The quantitative estimate of drug-likeness (QED) is 0.397. The first-order chi connectivity index (χ1) is 9.64. The minimum Gasteiger partial charge on any atom is -0.519 e. The zero-order valence-electron chi connectivity index (χ0n) is 14.0. The Labute approximate surface area is 127 Å². The third-order valence-corrected chi connectivity index (χ3v) is 8.37. The van der Waals surface area contributed by atoms with Crippen LogP contribution in [0.25, 0.3) is 0 Å². The lowest BCUT2D eigenvalue weighted by Crippen LogP contribution is -2.40. The molecule has 0 fully saturated rings. The van der Waals surface area contributed by atoms with Crippen LogP contribution >= 0.6 is 0 Å². The van der Waals surface area contributed by atoms with Crippen LogP contribution in [-0.4, -0.2) is 14.3 Å². The van der Waals surface area contributed by atoms with Crippen molar-refractivity contribution in [3.63, 3.8) is 0 Å². The fraction of sp³-hybridized carbons (Fsp3) is 0.882. The number of rotatable bonds is 13. The van der Waals surface area contributed by atoms with E-state index in [1.165, 1.54) is 56.7 Å². The van der Waals surface area contributed by atoms with E-state index in [9.17, 15) is 4.79 Å².